The van der Waals surface area contributed by atoms with E-state index in [9.17, 15) is 14.9 Å². The smallest absolute Gasteiger partial charge is 0.292 e. The van der Waals surface area contributed by atoms with E-state index in [1.54, 1.807) is 6.07 Å². The summed E-state index contributed by atoms with van der Waals surface area (Å²) in [6.07, 6.45) is 3.32. The van der Waals surface area contributed by atoms with Crippen molar-refractivity contribution < 1.29 is 9.72 Å². The first-order valence-electron chi connectivity index (χ1n) is 10.3. The highest BCUT2D eigenvalue weighted by atomic mass is 16.6. The molecule has 4 rings (SSSR count). The molecule has 0 spiro atoms. The third kappa shape index (κ3) is 4.18. The number of anilines is 2. The summed E-state index contributed by atoms with van der Waals surface area (Å²) >= 11 is 0. The van der Waals surface area contributed by atoms with Gasteiger partial charge < -0.3 is 14.7 Å². The number of piperazine rings is 1. The predicted molar refractivity (Wildman–Crippen MR) is 114 cm³/mol. The van der Waals surface area contributed by atoms with Crippen LogP contribution in [0.15, 0.2) is 48.5 Å². The predicted octanol–water partition coefficient (Wildman–Crippen LogP) is 3.55. The van der Waals surface area contributed by atoms with Gasteiger partial charge in [0, 0.05) is 56.6 Å². The van der Waals surface area contributed by atoms with Crippen molar-refractivity contribution in [2.45, 2.75) is 19.3 Å². The van der Waals surface area contributed by atoms with Crippen molar-refractivity contribution in [3.63, 3.8) is 0 Å². The second kappa shape index (κ2) is 8.51. The number of carbonyl (C=O) groups excluding carboxylic acids is 1. The fourth-order valence-electron chi connectivity index (χ4n) is 4.18. The van der Waals surface area contributed by atoms with Crippen LogP contribution in [0.4, 0.5) is 17.1 Å². The minimum atomic E-state index is -0.288. The first-order chi connectivity index (χ1) is 14.1. The van der Waals surface area contributed by atoms with Crippen LogP contribution in [0.2, 0.25) is 0 Å². The molecule has 0 unspecified atom stereocenters. The summed E-state index contributed by atoms with van der Waals surface area (Å²) < 4.78 is 0. The summed E-state index contributed by atoms with van der Waals surface area (Å²) in [4.78, 5) is 30.1. The van der Waals surface area contributed by atoms with Crippen molar-refractivity contribution in [1.29, 1.82) is 0 Å². The van der Waals surface area contributed by atoms with Crippen LogP contribution in [0.3, 0.4) is 0 Å². The summed E-state index contributed by atoms with van der Waals surface area (Å²) in [6, 6.07) is 14.8. The van der Waals surface area contributed by atoms with Crippen molar-refractivity contribution in [3.05, 3.63) is 64.2 Å². The Morgan fingerprint density at radius 2 is 1.52 bits per heavy atom. The maximum Gasteiger partial charge on any atom is 0.292 e. The van der Waals surface area contributed by atoms with Crippen molar-refractivity contribution in [2.24, 2.45) is 0 Å². The summed E-state index contributed by atoms with van der Waals surface area (Å²) in [7, 11) is 0. The SMILES string of the molecule is O=C(c1ccccc1)N1CCN(c2ccc([N+](=O)[O-])c(N3CCCCC3)c2)CC1. The van der Waals surface area contributed by atoms with Crippen LogP contribution in [-0.2, 0) is 0 Å². The molecule has 0 saturated carbocycles. The number of hydrogen-bond donors (Lipinski definition) is 0. The van der Waals surface area contributed by atoms with Crippen LogP contribution in [0, 0.1) is 10.1 Å². The van der Waals surface area contributed by atoms with E-state index in [2.05, 4.69) is 9.80 Å². The third-order valence-corrected chi connectivity index (χ3v) is 5.81. The molecule has 0 atom stereocenters. The Balaban J connectivity index is 1.48. The highest BCUT2D eigenvalue weighted by Crippen LogP contribution is 2.34. The van der Waals surface area contributed by atoms with Crippen LogP contribution in [0.1, 0.15) is 29.6 Å². The van der Waals surface area contributed by atoms with Gasteiger partial charge in [-0.05, 0) is 43.5 Å². The lowest BCUT2D eigenvalue weighted by Gasteiger charge is -2.37. The first-order valence-corrected chi connectivity index (χ1v) is 10.3. The van der Waals surface area contributed by atoms with Gasteiger partial charge in [-0.15, -0.1) is 0 Å². The van der Waals surface area contributed by atoms with E-state index in [1.165, 1.54) is 6.42 Å². The van der Waals surface area contributed by atoms with Gasteiger partial charge in [0.1, 0.15) is 5.69 Å². The molecule has 0 aromatic heterocycles. The molecule has 0 N–H and O–H groups in total. The molecule has 2 fully saturated rings. The normalized spacial score (nSPS) is 17.3. The molecule has 0 bridgehead atoms. The number of nitrogens with zero attached hydrogens (tertiary/aromatic N) is 4. The molecule has 2 aliphatic rings. The van der Waals surface area contributed by atoms with Crippen molar-refractivity contribution in [2.75, 3.05) is 49.1 Å². The van der Waals surface area contributed by atoms with Crippen LogP contribution in [0.25, 0.3) is 0 Å². The van der Waals surface area contributed by atoms with Crippen molar-refractivity contribution in [1.82, 2.24) is 4.90 Å². The van der Waals surface area contributed by atoms with Gasteiger partial charge in [-0.2, -0.15) is 0 Å². The molecule has 2 aliphatic heterocycles. The van der Waals surface area contributed by atoms with Gasteiger partial charge in [-0.25, -0.2) is 0 Å². The summed E-state index contributed by atoms with van der Waals surface area (Å²) in [5.41, 5.74) is 2.59. The minimum Gasteiger partial charge on any atom is -0.368 e. The Kier molecular flexibility index (Phi) is 5.64. The van der Waals surface area contributed by atoms with Gasteiger partial charge in [0.15, 0.2) is 0 Å². The molecule has 2 aromatic carbocycles. The standard InChI is InChI=1S/C22H26N4O3/c27-22(18-7-3-1-4-8-18)25-15-13-23(14-16-25)19-9-10-20(26(28)29)21(17-19)24-11-5-2-6-12-24/h1,3-4,7-10,17H,2,5-6,11-16H2. The molecule has 0 radical (unpaired) electrons. The van der Waals surface area contributed by atoms with E-state index in [4.69, 9.17) is 0 Å². The number of rotatable bonds is 4. The monoisotopic (exact) mass is 394 g/mol. The van der Waals surface area contributed by atoms with Gasteiger partial charge in [0.05, 0.1) is 4.92 Å². The third-order valence-electron chi connectivity index (χ3n) is 5.81. The molecule has 152 valence electrons. The van der Waals surface area contributed by atoms with Gasteiger partial charge >= 0.3 is 0 Å². The lowest BCUT2D eigenvalue weighted by atomic mass is 10.1. The largest absolute Gasteiger partial charge is 0.368 e. The van der Waals surface area contributed by atoms with Gasteiger partial charge in [-0.1, -0.05) is 18.2 Å². The number of amides is 1. The van der Waals surface area contributed by atoms with Crippen molar-refractivity contribution >= 4 is 23.0 Å². The van der Waals surface area contributed by atoms with E-state index in [1.807, 2.05) is 47.4 Å². The lowest BCUT2D eigenvalue weighted by molar-refractivity contribution is -0.384. The van der Waals surface area contributed by atoms with Gasteiger partial charge in [-0.3, -0.25) is 14.9 Å². The quantitative estimate of drug-likeness (QED) is 0.586. The Morgan fingerprint density at radius 1 is 0.828 bits per heavy atom. The topological polar surface area (TPSA) is 69.9 Å². The molecule has 29 heavy (non-hydrogen) atoms. The zero-order valence-electron chi connectivity index (χ0n) is 16.5. The summed E-state index contributed by atoms with van der Waals surface area (Å²) in [5.74, 6) is 0.0583. The van der Waals surface area contributed by atoms with E-state index >= 15 is 0 Å². The van der Waals surface area contributed by atoms with Crippen LogP contribution < -0.4 is 9.80 Å². The maximum atomic E-state index is 12.6. The number of piperidine rings is 1. The van der Waals surface area contributed by atoms with E-state index in [0.717, 1.165) is 50.4 Å². The molecule has 2 heterocycles. The van der Waals surface area contributed by atoms with E-state index in [-0.39, 0.29) is 16.5 Å². The van der Waals surface area contributed by atoms with Crippen molar-refractivity contribution in [3.8, 4) is 0 Å². The average molecular weight is 394 g/mol. The molecule has 7 nitrogen and oxygen atoms in total. The molecule has 2 saturated heterocycles. The first kappa shape index (κ1) is 19.2. The Morgan fingerprint density at radius 3 is 2.17 bits per heavy atom. The minimum absolute atomic E-state index is 0.0583. The Hall–Kier alpha value is -3.09. The second-order valence-corrected chi connectivity index (χ2v) is 7.62. The van der Waals surface area contributed by atoms with Gasteiger partial charge in [0.25, 0.3) is 11.6 Å². The highest BCUT2D eigenvalue weighted by Gasteiger charge is 2.26. The fraction of sp³-hybridized carbons (Fsp3) is 0.409. The van der Waals surface area contributed by atoms with Crippen LogP contribution in [-0.4, -0.2) is 55.0 Å². The zero-order valence-corrected chi connectivity index (χ0v) is 16.5. The second-order valence-electron chi connectivity index (χ2n) is 7.62. The van der Waals surface area contributed by atoms with Crippen LogP contribution >= 0.6 is 0 Å². The number of nitro benzene ring substituents is 1. The highest BCUT2D eigenvalue weighted by molar-refractivity contribution is 5.94. The summed E-state index contributed by atoms with van der Waals surface area (Å²) in [5, 5.41) is 11.5. The molecular weight excluding hydrogens is 368 g/mol. The van der Waals surface area contributed by atoms with Gasteiger partial charge in [0.2, 0.25) is 0 Å². The number of nitro groups is 1. The fourth-order valence-corrected chi connectivity index (χ4v) is 4.18. The number of hydrogen-bond acceptors (Lipinski definition) is 5. The Bertz CT molecular complexity index is 873. The number of carbonyl (C=O) groups is 1. The Labute approximate surface area is 170 Å². The average Bonchev–Trinajstić information content (AvgIpc) is 2.79. The maximum absolute atomic E-state index is 12.6. The number of benzene rings is 2. The van der Waals surface area contributed by atoms with E-state index < -0.39 is 0 Å². The zero-order chi connectivity index (χ0) is 20.2. The molecular formula is C22H26N4O3. The summed E-state index contributed by atoms with van der Waals surface area (Å²) in [6.45, 7) is 4.45. The molecule has 2 aromatic rings. The molecule has 0 aliphatic carbocycles. The molecule has 1 amide bonds. The molecule has 7 heteroatoms. The lowest BCUT2D eigenvalue weighted by Crippen LogP contribution is -2.48. The van der Waals surface area contributed by atoms with Crippen LogP contribution in [0.5, 0.6) is 0 Å². The van der Waals surface area contributed by atoms with E-state index in [0.29, 0.717) is 18.7 Å².